The molecule has 0 saturated heterocycles. The summed E-state index contributed by atoms with van der Waals surface area (Å²) >= 11 is 0. The van der Waals surface area contributed by atoms with E-state index >= 15 is 0 Å². The molecule has 120 valence electrons. The van der Waals surface area contributed by atoms with Gasteiger partial charge in [-0.3, -0.25) is 0 Å². The third-order valence-electron chi connectivity index (χ3n) is 4.02. The molecule has 2 nitrogen and oxygen atoms in total. The highest BCUT2D eigenvalue weighted by Crippen LogP contribution is 2.25. The van der Waals surface area contributed by atoms with E-state index in [-0.39, 0.29) is 0 Å². The molecule has 3 aromatic carbocycles. The van der Waals surface area contributed by atoms with Gasteiger partial charge in [0.1, 0.15) is 0 Å². The first-order chi connectivity index (χ1) is 12.4. The summed E-state index contributed by atoms with van der Waals surface area (Å²) in [7, 11) is 0. The van der Waals surface area contributed by atoms with Crippen molar-refractivity contribution in [1.29, 1.82) is 0 Å². The summed E-state index contributed by atoms with van der Waals surface area (Å²) in [6, 6.07) is 28.8. The fraction of sp³-hybridized carbons (Fsp3) is 0. The normalized spacial score (nSPS) is 11.0. The van der Waals surface area contributed by atoms with E-state index in [2.05, 4.69) is 41.4 Å². The van der Waals surface area contributed by atoms with Crippen LogP contribution in [-0.2, 0) is 0 Å². The SMILES string of the molecule is C(=C\c1ncc(-c2ccc(-c3ccccc3)cc2)o1)/c1ccccc1. The Hall–Kier alpha value is -3.39. The summed E-state index contributed by atoms with van der Waals surface area (Å²) in [5, 5.41) is 0. The van der Waals surface area contributed by atoms with E-state index in [9.17, 15) is 0 Å². The molecule has 4 rings (SSSR count). The monoisotopic (exact) mass is 323 g/mol. The van der Waals surface area contributed by atoms with Gasteiger partial charge in [0.15, 0.2) is 5.76 Å². The summed E-state index contributed by atoms with van der Waals surface area (Å²) in [6.45, 7) is 0. The molecule has 0 aliphatic carbocycles. The predicted molar refractivity (Wildman–Crippen MR) is 103 cm³/mol. The van der Waals surface area contributed by atoms with E-state index in [0.29, 0.717) is 5.89 Å². The zero-order valence-electron chi connectivity index (χ0n) is 13.7. The predicted octanol–water partition coefficient (Wildman–Crippen LogP) is 6.18. The Bertz CT molecular complexity index is 968. The van der Waals surface area contributed by atoms with Crippen LogP contribution in [0.5, 0.6) is 0 Å². The van der Waals surface area contributed by atoms with Crippen molar-refractivity contribution in [3.05, 3.63) is 103 Å². The third-order valence-corrected chi connectivity index (χ3v) is 4.02. The molecule has 0 radical (unpaired) electrons. The number of nitrogens with zero attached hydrogens (tertiary/aromatic N) is 1. The van der Waals surface area contributed by atoms with Crippen LogP contribution in [0.2, 0.25) is 0 Å². The molecular weight excluding hydrogens is 306 g/mol. The molecule has 0 spiro atoms. The maximum absolute atomic E-state index is 5.84. The van der Waals surface area contributed by atoms with E-state index in [1.165, 1.54) is 11.1 Å². The van der Waals surface area contributed by atoms with Gasteiger partial charge in [0.2, 0.25) is 5.89 Å². The second-order valence-corrected chi connectivity index (χ2v) is 5.75. The van der Waals surface area contributed by atoms with Crippen molar-refractivity contribution in [3.63, 3.8) is 0 Å². The number of rotatable bonds is 4. The number of hydrogen-bond donors (Lipinski definition) is 0. The first-order valence-electron chi connectivity index (χ1n) is 8.23. The van der Waals surface area contributed by atoms with E-state index in [1.807, 2.05) is 60.7 Å². The highest BCUT2D eigenvalue weighted by Gasteiger charge is 2.05. The maximum Gasteiger partial charge on any atom is 0.219 e. The quantitative estimate of drug-likeness (QED) is 0.448. The zero-order valence-corrected chi connectivity index (χ0v) is 13.7. The Kier molecular flexibility index (Phi) is 4.25. The summed E-state index contributed by atoms with van der Waals surface area (Å²) in [4.78, 5) is 4.33. The average molecular weight is 323 g/mol. The molecule has 0 bridgehead atoms. The lowest BCUT2D eigenvalue weighted by Gasteiger charge is -2.02. The highest BCUT2D eigenvalue weighted by atomic mass is 16.4. The Morgan fingerprint density at radius 1 is 0.600 bits per heavy atom. The molecule has 0 N–H and O–H groups in total. The second kappa shape index (κ2) is 7.02. The van der Waals surface area contributed by atoms with Crippen molar-refractivity contribution < 1.29 is 4.42 Å². The Morgan fingerprint density at radius 3 is 1.92 bits per heavy atom. The first-order valence-corrected chi connectivity index (χ1v) is 8.23. The lowest BCUT2D eigenvalue weighted by molar-refractivity contribution is 0.560. The zero-order chi connectivity index (χ0) is 16.9. The van der Waals surface area contributed by atoms with Crippen LogP contribution < -0.4 is 0 Å². The maximum atomic E-state index is 5.84. The number of hydrogen-bond acceptors (Lipinski definition) is 2. The minimum Gasteiger partial charge on any atom is -0.437 e. The van der Waals surface area contributed by atoms with Crippen LogP contribution in [0.4, 0.5) is 0 Å². The Morgan fingerprint density at radius 2 is 1.20 bits per heavy atom. The first kappa shape index (κ1) is 15.2. The lowest BCUT2D eigenvalue weighted by Crippen LogP contribution is -1.78. The number of oxazole rings is 1. The van der Waals surface area contributed by atoms with Crippen LogP contribution in [0.1, 0.15) is 11.5 Å². The summed E-state index contributed by atoms with van der Waals surface area (Å²) < 4.78 is 5.84. The molecule has 0 unspecified atom stereocenters. The van der Waals surface area contributed by atoms with Crippen molar-refractivity contribution in [2.45, 2.75) is 0 Å². The third kappa shape index (κ3) is 3.59. The van der Waals surface area contributed by atoms with Crippen molar-refractivity contribution >= 4 is 12.2 Å². The molecule has 0 fully saturated rings. The van der Waals surface area contributed by atoms with Gasteiger partial charge in [-0.1, -0.05) is 84.9 Å². The van der Waals surface area contributed by atoms with Gasteiger partial charge < -0.3 is 4.42 Å². The topological polar surface area (TPSA) is 26.0 Å². The van der Waals surface area contributed by atoms with Crippen molar-refractivity contribution in [2.75, 3.05) is 0 Å². The summed E-state index contributed by atoms with van der Waals surface area (Å²) in [5.41, 5.74) is 4.53. The summed E-state index contributed by atoms with van der Waals surface area (Å²) in [5.74, 6) is 1.37. The highest BCUT2D eigenvalue weighted by molar-refractivity contribution is 5.69. The van der Waals surface area contributed by atoms with Gasteiger partial charge >= 0.3 is 0 Å². The van der Waals surface area contributed by atoms with Gasteiger partial charge in [0.05, 0.1) is 6.20 Å². The molecule has 0 atom stereocenters. The van der Waals surface area contributed by atoms with Crippen molar-refractivity contribution in [2.24, 2.45) is 0 Å². The molecule has 0 aliphatic heterocycles. The molecule has 1 aromatic heterocycles. The minimum absolute atomic E-state index is 0.603. The van der Waals surface area contributed by atoms with Gasteiger partial charge in [0, 0.05) is 11.6 Å². The van der Waals surface area contributed by atoms with E-state index in [4.69, 9.17) is 4.42 Å². The van der Waals surface area contributed by atoms with Crippen LogP contribution >= 0.6 is 0 Å². The number of benzene rings is 3. The van der Waals surface area contributed by atoms with Gasteiger partial charge in [-0.25, -0.2) is 4.98 Å². The molecule has 4 aromatic rings. The van der Waals surface area contributed by atoms with E-state index in [1.54, 1.807) is 6.20 Å². The Balaban J connectivity index is 1.53. The lowest BCUT2D eigenvalue weighted by atomic mass is 10.0. The minimum atomic E-state index is 0.603. The van der Waals surface area contributed by atoms with E-state index in [0.717, 1.165) is 16.9 Å². The molecule has 25 heavy (non-hydrogen) atoms. The van der Waals surface area contributed by atoms with Crippen LogP contribution in [0.3, 0.4) is 0 Å². The van der Waals surface area contributed by atoms with Gasteiger partial charge in [0.25, 0.3) is 0 Å². The Labute approximate surface area is 147 Å². The average Bonchev–Trinajstić information content (AvgIpc) is 3.17. The second-order valence-electron chi connectivity index (χ2n) is 5.75. The molecule has 0 saturated carbocycles. The molecule has 1 heterocycles. The summed E-state index contributed by atoms with van der Waals surface area (Å²) in [6.07, 6.45) is 5.65. The van der Waals surface area contributed by atoms with Crippen LogP contribution in [0.15, 0.2) is 95.5 Å². The number of aromatic nitrogens is 1. The fourth-order valence-corrected chi connectivity index (χ4v) is 2.69. The van der Waals surface area contributed by atoms with Crippen LogP contribution in [0, 0.1) is 0 Å². The van der Waals surface area contributed by atoms with Gasteiger partial charge in [-0.05, 0) is 22.8 Å². The molecule has 0 amide bonds. The molecule has 2 heteroatoms. The smallest absolute Gasteiger partial charge is 0.219 e. The molecular formula is C23H17NO. The van der Waals surface area contributed by atoms with E-state index < -0.39 is 0 Å². The van der Waals surface area contributed by atoms with Crippen molar-refractivity contribution in [3.8, 4) is 22.5 Å². The largest absolute Gasteiger partial charge is 0.437 e. The van der Waals surface area contributed by atoms with Gasteiger partial charge in [-0.2, -0.15) is 0 Å². The standard InChI is InChI=1S/C23H17NO/c1-3-7-18(8-4-1)11-16-23-24-17-22(25-23)21-14-12-20(13-15-21)19-9-5-2-6-10-19/h1-17H/b16-11+. The van der Waals surface area contributed by atoms with Crippen molar-refractivity contribution in [1.82, 2.24) is 4.98 Å². The van der Waals surface area contributed by atoms with Crippen LogP contribution in [0.25, 0.3) is 34.6 Å². The fourth-order valence-electron chi connectivity index (χ4n) is 2.69. The van der Waals surface area contributed by atoms with Gasteiger partial charge in [-0.15, -0.1) is 0 Å². The van der Waals surface area contributed by atoms with Crippen LogP contribution in [-0.4, -0.2) is 4.98 Å². The molecule has 0 aliphatic rings.